The zero-order valence-electron chi connectivity index (χ0n) is 15.3. The van der Waals surface area contributed by atoms with Crippen LogP contribution in [0.2, 0.25) is 0 Å². The molecule has 0 bridgehead atoms. The van der Waals surface area contributed by atoms with E-state index in [0.717, 1.165) is 44.1 Å². The third kappa shape index (κ3) is 5.06. The molecule has 5 nitrogen and oxygen atoms in total. The maximum Gasteiger partial charge on any atom is 0.191 e. The highest BCUT2D eigenvalue weighted by molar-refractivity contribution is 7.10. The van der Waals surface area contributed by atoms with Crippen molar-refractivity contribution in [2.24, 2.45) is 4.99 Å². The average molecular weight is 373 g/mol. The van der Waals surface area contributed by atoms with Gasteiger partial charge >= 0.3 is 0 Å². The van der Waals surface area contributed by atoms with Crippen LogP contribution in [0.1, 0.15) is 21.9 Å². The minimum absolute atomic E-state index is 0.0638. The Labute approximate surface area is 159 Å². The summed E-state index contributed by atoms with van der Waals surface area (Å²) in [7, 11) is 1.78. The molecule has 1 aromatic carbocycles. The molecule has 0 fully saturated rings. The molecule has 0 amide bonds. The van der Waals surface area contributed by atoms with E-state index in [0.29, 0.717) is 6.54 Å². The number of aliphatic imine (C=N–C) groups is 1. The number of nitrogens with zero attached hydrogens (tertiary/aromatic N) is 2. The van der Waals surface area contributed by atoms with E-state index in [1.54, 1.807) is 11.9 Å². The quantitative estimate of drug-likeness (QED) is 0.514. The van der Waals surface area contributed by atoms with Gasteiger partial charge in [-0.2, -0.15) is 0 Å². The fourth-order valence-electron chi connectivity index (χ4n) is 3.28. The molecule has 1 aliphatic rings. The highest BCUT2D eigenvalue weighted by Crippen LogP contribution is 2.23. The minimum atomic E-state index is 0.0638. The smallest absolute Gasteiger partial charge is 0.191 e. The van der Waals surface area contributed by atoms with Gasteiger partial charge in [0.05, 0.1) is 6.61 Å². The molecule has 0 saturated heterocycles. The van der Waals surface area contributed by atoms with Crippen molar-refractivity contribution < 1.29 is 5.11 Å². The Morgan fingerprint density at radius 1 is 1.27 bits per heavy atom. The zero-order valence-corrected chi connectivity index (χ0v) is 16.1. The van der Waals surface area contributed by atoms with Crippen molar-refractivity contribution in [2.75, 3.05) is 39.8 Å². The van der Waals surface area contributed by atoms with Gasteiger partial charge in [0.2, 0.25) is 0 Å². The van der Waals surface area contributed by atoms with Crippen molar-refractivity contribution in [1.29, 1.82) is 0 Å². The van der Waals surface area contributed by atoms with Gasteiger partial charge in [-0.3, -0.25) is 9.89 Å². The van der Waals surface area contributed by atoms with Crippen LogP contribution in [0.4, 0.5) is 0 Å². The van der Waals surface area contributed by atoms with E-state index in [-0.39, 0.29) is 12.5 Å². The van der Waals surface area contributed by atoms with Crippen LogP contribution in [0.3, 0.4) is 0 Å². The summed E-state index contributed by atoms with van der Waals surface area (Å²) in [6, 6.07) is 12.3. The van der Waals surface area contributed by atoms with Crippen LogP contribution < -0.4 is 10.6 Å². The summed E-state index contributed by atoms with van der Waals surface area (Å²) in [5, 5.41) is 18.6. The number of nitrogens with one attached hydrogen (secondary N) is 2. The highest BCUT2D eigenvalue weighted by atomic mass is 32.1. The molecule has 3 rings (SSSR count). The fraction of sp³-hybridized carbons (Fsp3) is 0.450. The number of thiophene rings is 1. The second-order valence-electron chi connectivity index (χ2n) is 6.57. The first-order chi connectivity index (χ1) is 12.8. The minimum Gasteiger partial charge on any atom is -0.396 e. The molecular formula is C20H28N4OS. The molecule has 1 atom stereocenters. The number of hydrogen-bond acceptors (Lipinski definition) is 4. The van der Waals surface area contributed by atoms with E-state index in [4.69, 9.17) is 0 Å². The van der Waals surface area contributed by atoms with E-state index in [1.807, 2.05) is 41.7 Å². The largest absolute Gasteiger partial charge is 0.396 e. The predicted molar refractivity (Wildman–Crippen MR) is 109 cm³/mol. The second-order valence-corrected chi connectivity index (χ2v) is 7.57. The maximum atomic E-state index is 9.67. The number of benzene rings is 1. The van der Waals surface area contributed by atoms with Crippen LogP contribution in [-0.2, 0) is 13.0 Å². The van der Waals surface area contributed by atoms with Gasteiger partial charge in [0.25, 0.3) is 0 Å². The zero-order chi connectivity index (χ0) is 18.2. The molecule has 2 aromatic rings. The lowest BCUT2D eigenvalue weighted by atomic mass is 10.0. The normalized spacial score (nSPS) is 16.2. The van der Waals surface area contributed by atoms with Crippen LogP contribution in [0, 0.1) is 0 Å². The summed E-state index contributed by atoms with van der Waals surface area (Å²) >= 11 is 1.88. The van der Waals surface area contributed by atoms with Gasteiger partial charge in [-0.15, -0.1) is 11.3 Å². The van der Waals surface area contributed by atoms with E-state index in [2.05, 4.69) is 32.0 Å². The summed E-state index contributed by atoms with van der Waals surface area (Å²) < 4.78 is 0. The van der Waals surface area contributed by atoms with Crippen molar-refractivity contribution in [3.8, 4) is 0 Å². The summed E-state index contributed by atoms with van der Waals surface area (Å²) in [5.41, 5.74) is 2.62. The van der Waals surface area contributed by atoms with E-state index in [1.165, 1.54) is 5.56 Å². The molecule has 1 aromatic heterocycles. The van der Waals surface area contributed by atoms with Crippen molar-refractivity contribution in [2.45, 2.75) is 18.9 Å². The number of aliphatic hydroxyl groups excluding tert-OH is 1. The van der Waals surface area contributed by atoms with Crippen molar-refractivity contribution in [3.05, 3.63) is 57.8 Å². The standard InChI is InChI=1S/C20H28N4OS/c1-21-20(23-13-18(15-25)16-5-3-2-4-6-16)22-9-11-24-10-7-19-17(14-24)8-12-26-19/h2-6,8,12,18,25H,7,9-11,13-15H2,1H3,(H2,21,22,23). The Morgan fingerprint density at radius 2 is 2.12 bits per heavy atom. The second kappa shape index (κ2) is 9.71. The van der Waals surface area contributed by atoms with Gasteiger partial charge in [0.1, 0.15) is 0 Å². The highest BCUT2D eigenvalue weighted by Gasteiger charge is 2.16. The summed E-state index contributed by atoms with van der Waals surface area (Å²) in [5.74, 6) is 0.849. The number of fused-ring (bicyclic) bond motifs is 1. The van der Waals surface area contributed by atoms with Gasteiger partial charge in [0.15, 0.2) is 5.96 Å². The van der Waals surface area contributed by atoms with Crippen molar-refractivity contribution in [3.63, 3.8) is 0 Å². The first-order valence-corrected chi connectivity index (χ1v) is 10.1. The van der Waals surface area contributed by atoms with Crippen LogP contribution in [0.5, 0.6) is 0 Å². The molecule has 1 aliphatic heterocycles. The fourth-order valence-corrected chi connectivity index (χ4v) is 4.17. The van der Waals surface area contributed by atoms with Crippen LogP contribution in [0.25, 0.3) is 0 Å². The molecule has 6 heteroatoms. The van der Waals surface area contributed by atoms with Gasteiger partial charge in [-0.05, 0) is 29.0 Å². The van der Waals surface area contributed by atoms with Gasteiger partial charge < -0.3 is 15.7 Å². The topological polar surface area (TPSA) is 59.9 Å². The molecule has 140 valence electrons. The van der Waals surface area contributed by atoms with E-state index < -0.39 is 0 Å². The molecule has 3 N–H and O–H groups in total. The number of aliphatic hydroxyl groups is 1. The van der Waals surface area contributed by atoms with Gasteiger partial charge in [0, 0.05) is 50.6 Å². The molecule has 0 radical (unpaired) electrons. The Bertz CT molecular complexity index is 701. The molecule has 1 unspecified atom stereocenters. The molecular weight excluding hydrogens is 344 g/mol. The van der Waals surface area contributed by atoms with Crippen LogP contribution in [0.15, 0.2) is 46.8 Å². The molecule has 26 heavy (non-hydrogen) atoms. The lowest BCUT2D eigenvalue weighted by molar-refractivity contribution is 0.259. The first-order valence-electron chi connectivity index (χ1n) is 9.18. The van der Waals surface area contributed by atoms with Gasteiger partial charge in [-0.1, -0.05) is 30.3 Å². The summed E-state index contributed by atoms with van der Waals surface area (Å²) in [6.45, 7) is 4.80. The van der Waals surface area contributed by atoms with Crippen molar-refractivity contribution >= 4 is 17.3 Å². The van der Waals surface area contributed by atoms with E-state index >= 15 is 0 Å². The Morgan fingerprint density at radius 3 is 2.88 bits per heavy atom. The lowest BCUT2D eigenvalue weighted by Gasteiger charge is -2.27. The maximum absolute atomic E-state index is 9.67. The van der Waals surface area contributed by atoms with Crippen LogP contribution >= 0.6 is 11.3 Å². The number of rotatable bonds is 7. The number of hydrogen-bond donors (Lipinski definition) is 3. The lowest BCUT2D eigenvalue weighted by Crippen LogP contribution is -2.43. The third-order valence-corrected chi connectivity index (χ3v) is 5.86. The molecule has 0 aliphatic carbocycles. The summed E-state index contributed by atoms with van der Waals surface area (Å²) in [6.07, 6.45) is 1.16. The first kappa shape index (κ1) is 18.9. The van der Waals surface area contributed by atoms with E-state index in [9.17, 15) is 5.11 Å². The predicted octanol–water partition coefficient (Wildman–Crippen LogP) is 2.05. The SMILES string of the molecule is CN=C(NCCN1CCc2sccc2C1)NCC(CO)c1ccccc1. The van der Waals surface area contributed by atoms with Gasteiger partial charge in [-0.25, -0.2) is 0 Å². The summed E-state index contributed by atoms with van der Waals surface area (Å²) in [4.78, 5) is 8.32. The third-order valence-electron chi connectivity index (χ3n) is 4.84. The Kier molecular flexibility index (Phi) is 7.05. The van der Waals surface area contributed by atoms with Crippen molar-refractivity contribution in [1.82, 2.24) is 15.5 Å². The monoisotopic (exact) mass is 372 g/mol. The molecule has 0 saturated carbocycles. The Hall–Kier alpha value is -1.89. The van der Waals surface area contributed by atoms with Crippen LogP contribution in [-0.4, -0.2) is 55.8 Å². The molecule has 2 heterocycles. The molecule has 0 spiro atoms. The average Bonchev–Trinajstić information content (AvgIpc) is 3.15. The Balaban J connectivity index is 1.41. The number of guanidine groups is 1.